The highest BCUT2D eigenvalue weighted by molar-refractivity contribution is 5.94. The molecule has 7 nitrogen and oxygen atoms in total. The van der Waals surface area contributed by atoms with Crippen LogP contribution in [0.4, 0.5) is 5.82 Å². The van der Waals surface area contributed by atoms with Crippen LogP contribution in [0.2, 0.25) is 0 Å². The van der Waals surface area contributed by atoms with Crippen molar-refractivity contribution in [1.82, 2.24) is 24.6 Å². The highest BCUT2D eigenvalue weighted by atomic mass is 16.3. The minimum absolute atomic E-state index is 0.124. The van der Waals surface area contributed by atoms with E-state index in [-0.39, 0.29) is 5.92 Å². The molecule has 164 valence electrons. The summed E-state index contributed by atoms with van der Waals surface area (Å²) in [5, 5.41) is 15.8. The van der Waals surface area contributed by atoms with Crippen LogP contribution in [-0.4, -0.2) is 35.3 Å². The number of hydrogen-bond donors (Lipinski definition) is 2. The fraction of sp³-hybridized carbons (Fsp3) is 0.231. The lowest BCUT2D eigenvalue weighted by molar-refractivity contribution is -0.0337. The van der Waals surface area contributed by atoms with Crippen molar-refractivity contribution in [3.8, 4) is 22.5 Å². The van der Waals surface area contributed by atoms with Gasteiger partial charge in [-0.05, 0) is 38.3 Å². The third-order valence-electron chi connectivity index (χ3n) is 6.66. The van der Waals surface area contributed by atoms with E-state index in [1.54, 1.807) is 4.52 Å². The van der Waals surface area contributed by atoms with Gasteiger partial charge in [0.2, 0.25) is 0 Å². The van der Waals surface area contributed by atoms with Crippen LogP contribution >= 0.6 is 0 Å². The number of pyridine rings is 1. The molecular formula is C26H24N6O. The van der Waals surface area contributed by atoms with Crippen molar-refractivity contribution in [3.05, 3.63) is 72.3 Å². The van der Waals surface area contributed by atoms with Crippen molar-refractivity contribution in [1.29, 1.82) is 0 Å². The molecule has 1 aliphatic carbocycles. The summed E-state index contributed by atoms with van der Waals surface area (Å²) in [4.78, 5) is 14.2. The van der Waals surface area contributed by atoms with Crippen molar-refractivity contribution in [2.75, 3.05) is 5.73 Å². The van der Waals surface area contributed by atoms with E-state index in [9.17, 15) is 5.11 Å². The maximum atomic E-state index is 10.3. The van der Waals surface area contributed by atoms with Gasteiger partial charge in [-0.15, -0.1) is 0 Å². The molecule has 3 N–H and O–H groups in total. The number of hydrogen-bond acceptors (Lipinski definition) is 6. The molecule has 0 unspecified atom stereocenters. The van der Waals surface area contributed by atoms with E-state index in [1.807, 2.05) is 25.1 Å². The van der Waals surface area contributed by atoms with Crippen molar-refractivity contribution in [2.24, 2.45) is 0 Å². The summed E-state index contributed by atoms with van der Waals surface area (Å²) in [7, 11) is 0. The first-order valence-electron chi connectivity index (χ1n) is 11.1. The van der Waals surface area contributed by atoms with Crippen LogP contribution in [0.3, 0.4) is 0 Å². The van der Waals surface area contributed by atoms with Crippen molar-refractivity contribution >= 4 is 22.2 Å². The van der Waals surface area contributed by atoms with Crippen LogP contribution in [0.5, 0.6) is 0 Å². The quantitative estimate of drug-likeness (QED) is 0.431. The second kappa shape index (κ2) is 7.08. The van der Waals surface area contributed by atoms with Gasteiger partial charge >= 0.3 is 0 Å². The standard InChI is InChI=1S/C26H24N6O/c1-15-19(10-8-17-9-11-20(30-21(15)17)16-6-4-3-5-7-16)22-23-24(27)28-14-29-32(23)25(31-22)18-12-26(2,33)13-18/h3-11,14,18,33H,12-13H2,1-2H3,(H2,27,28,29). The summed E-state index contributed by atoms with van der Waals surface area (Å²) in [5.74, 6) is 1.32. The molecule has 6 rings (SSSR count). The lowest BCUT2D eigenvalue weighted by Gasteiger charge is -2.39. The van der Waals surface area contributed by atoms with Crippen LogP contribution < -0.4 is 5.73 Å². The van der Waals surface area contributed by atoms with Crippen LogP contribution in [0.25, 0.3) is 38.9 Å². The molecule has 1 aliphatic rings. The number of anilines is 1. The third kappa shape index (κ3) is 3.15. The monoisotopic (exact) mass is 436 g/mol. The number of aryl methyl sites for hydroxylation is 1. The minimum Gasteiger partial charge on any atom is -0.390 e. The van der Waals surface area contributed by atoms with E-state index < -0.39 is 5.60 Å². The molecule has 0 saturated heterocycles. The van der Waals surface area contributed by atoms with Gasteiger partial charge in [0.15, 0.2) is 5.82 Å². The molecule has 1 saturated carbocycles. The Labute approximate surface area is 191 Å². The molecular weight excluding hydrogens is 412 g/mol. The van der Waals surface area contributed by atoms with Gasteiger partial charge in [-0.1, -0.05) is 48.5 Å². The van der Waals surface area contributed by atoms with Crippen molar-refractivity contribution in [3.63, 3.8) is 0 Å². The highest BCUT2D eigenvalue weighted by Crippen LogP contribution is 2.45. The Morgan fingerprint density at radius 1 is 1.03 bits per heavy atom. The van der Waals surface area contributed by atoms with E-state index in [1.165, 1.54) is 6.33 Å². The fourth-order valence-electron chi connectivity index (χ4n) is 4.97. The van der Waals surface area contributed by atoms with Gasteiger partial charge in [0.05, 0.1) is 16.8 Å². The Balaban J connectivity index is 1.55. The Morgan fingerprint density at radius 2 is 1.79 bits per heavy atom. The Kier molecular flexibility index (Phi) is 4.25. The number of aliphatic hydroxyl groups is 1. The predicted molar refractivity (Wildman–Crippen MR) is 129 cm³/mol. The summed E-state index contributed by atoms with van der Waals surface area (Å²) in [6.45, 7) is 3.92. The fourth-order valence-corrected chi connectivity index (χ4v) is 4.97. The molecule has 1 fully saturated rings. The van der Waals surface area contributed by atoms with Gasteiger partial charge in [0, 0.05) is 22.4 Å². The van der Waals surface area contributed by atoms with Gasteiger partial charge in [-0.3, -0.25) is 0 Å². The van der Waals surface area contributed by atoms with Gasteiger partial charge in [-0.25, -0.2) is 19.5 Å². The molecule has 33 heavy (non-hydrogen) atoms. The average Bonchev–Trinajstić information content (AvgIpc) is 3.18. The molecule has 0 radical (unpaired) electrons. The Hall–Kier alpha value is -3.84. The summed E-state index contributed by atoms with van der Waals surface area (Å²) in [5.41, 5.74) is 12.0. The number of aromatic nitrogens is 5. The average molecular weight is 437 g/mol. The van der Waals surface area contributed by atoms with E-state index in [4.69, 9.17) is 15.7 Å². The lowest BCUT2D eigenvalue weighted by Crippen LogP contribution is -2.40. The minimum atomic E-state index is -0.661. The van der Waals surface area contributed by atoms with E-state index in [0.29, 0.717) is 24.2 Å². The summed E-state index contributed by atoms with van der Waals surface area (Å²) in [6, 6.07) is 18.5. The van der Waals surface area contributed by atoms with Crippen LogP contribution in [0.1, 0.15) is 37.1 Å². The first-order chi connectivity index (χ1) is 15.9. The van der Waals surface area contributed by atoms with Crippen LogP contribution in [0.15, 0.2) is 60.9 Å². The number of fused-ring (bicyclic) bond motifs is 2. The molecule has 3 aromatic heterocycles. The zero-order valence-corrected chi connectivity index (χ0v) is 18.5. The third-order valence-corrected chi connectivity index (χ3v) is 6.66. The Bertz CT molecular complexity index is 1510. The number of benzene rings is 2. The van der Waals surface area contributed by atoms with Crippen molar-refractivity contribution < 1.29 is 5.11 Å². The van der Waals surface area contributed by atoms with E-state index >= 15 is 0 Å². The van der Waals surface area contributed by atoms with Crippen LogP contribution in [-0.2, 0) is 0 Å². The molecule has 5 aromatic rings. The normalized spacial score (nSPS) is 20.3. The zero-order chi connectivity index (χ0) is 22.7. The number of nitrogens with zero attached hydrogens (tertiary/aromatic N) is 5. The number of rotatable bonds is 3. The Morgan fingerprint density at radius 3 is 2.55 bits per heavy atom. The lowest BCUT2D eigenvalue weighted by atomic mass is 9.72. The molecule has 0 bridgehead atoms. The summed E-state index contributed by atoms with van der Waals surface area (Å²) >= 11 is 0. The number of nitrogens with two attached hydrogens (primary N) is 1. The molecule has 2 aromatic carbocycles. The van der Waals surface area contributed by atoms with E-state index in [0.717, 1.165) is 44.8 Å². The second-order valence-corrected chi connectivity index (χ2v) is 9.20. The van der Waals surface area contributed by atoms with Gasteiger partial charge in [-0.2, -0.15) is 5.10 Å². The molecule has 0 amide bonds. The molecule has 3 heterocycles. The largest absolute Gasteiger partial charge is 0.390 e. The predicted octanol–water partition coefficient (Wildman–Crippen LogP) is 4.53. The van der Waals surface area contributed by atoms with Gasteiger partial charge in [0.1, 0.15) is 23.4 Å². The molecule has 0 spiro atoms. The highest BCUT2D eigenvalue weighted by Gasteiger charge is 2.42. The first-order valence-corrected chi connectivity index (χ1v) is 11.1. The van der Waals surface area contributed by atoms with Crippen molar-refractivity contribution in [2.45, 2.75) is 38.2 Å². The molecule has 0 aliphatic heterocycles. The SMILES string of the molecule is Cc1c(-c2nc(C3CC(C)(O)C3)n3ncnc(N)c23)ccc2ccc(-c3ccccc3)nc12. The number of nitrogen functional groups attached to an aromatic ring is 1. The maximum absolute atomic E-state index is 10.3. The van der Waals surface area contributed by atoms with Crippen LogP contribution in [0, 0.1) is 6.92 Å². The zero-order valence-electron chi connectivity index (χ0n) is 18.5. The van der Waals surface area contributed by atoms with E-state index in [2.05, 4.69) is 53.4 Å². The second-order valence-electron chi connectivity index (χ2n) is 9.20. The topological polar surface area (TPSA) is 102 Å². The summed E-state index contributed by atoms with van der Waals surface area (Å²) < 4.78 is 1.79. The van der Waals surface area contributed by atoms with Gasteiger partial charge < -0.3 is 10.8 Å². The number of imidazole rings is 1. The van der Waals surface area contributed by atoms with Gasteiger partial charge in [0.25, 0.3) is 0 Å². The summed E-state index contributed by atoms with van der Waals surface area (Å²) in [6.07, 6.45) is 2.75. The smallest absolute Gasteiger partial charge is 0.153 e. The first kappa shape index (κ1) is 19.8. The molecule has 7 heteroatoms. The maximum Gasteiger partial charge on any atom is 0.153 e. The molecule has 0 atom stereocenters.